The van der Waals surface area contributed by atoms with Gasteiger partial charge in [-0.2, -0.15) is 0 Å². The van der Waals surface area contributed by atoms with Gasteiger partial charge in [0.25, 0.3) is 0 Å². The first kappa shape index (κ1) is 14.6. The summed E-state index contributed by atoms with van der Waals surface area (Å²) in [6, 6.07) is 8.80. The van der Waals surface area contributed by atoms with Gasteiger partial charge >= 0.3 is 0 Å². The summed E-state index contributed by atoms with van der Waals surface area (Å²) < 4.78 is 0. The predicted octanol–water partition coefficient (Wildman–Crippen LogP) is 2.74. The van der Waals surface area contributed by atoms with E-state index in [-0.39, 0.29) is 11.9 Å². The van der Waals surface area contributed by atoms with Crippen LogP contribution in [0.3, 0.4) is 0 Å². The highest BCUT2D eigenvalue weighted by Gasteiger charge is 2.32. The number of carbonyl (C=O) groups is 1. The van der Waals surface area contributed by atoms with Gasteiger partial charge in [0.2, 0.25) is 5.91 Å². The molecule has 1 heterocycles. The lowest BCUT2D eigenvalue weighted by molar-refractivity contribution is -0.136. The average molecular weight is 286 g/mol. The number of nitrogens with zero attached hydrogens (tertiary/aromatic N) is 1. The zero-order valence-electron chi connectivity index (χ0n) is 13.1. The van der Waals surface area contributed by atoms with Crippen LogP contribution in [0, 0.1) is 5.92 Å². The van der Waals surface area contributed by atoms with E-state index < -0.39 is 0 Å². The van der Waals surface area contributed by atoms with Gasteiger partial charge in [0.15, 0.2) is 0 Å². The molecule has 1 aromatic rings. The Balaban J connectivity index is 1.68. The normalized spacial score (nSPS) is 28.8. The van der Waals surface area contributed by atoms with Gasteiger partial charge in [-0.3, -0.25) is 4.79 Å². The third-order valence-electron chi connectivity index (χ3n) is 5.29. The molecule has 1 aliphatic carbocycles. The first-order chi connectivity index (χ1) is 10.2. The fraction of sp³-hybridized carbons (Fsp3) is 0.611. The minimum Gasteiger partial charge on any atom is -0.341 e. The summed E-state index contributed by atoms with van der Waals surface area (Å²) in [5.41, 5.74) is 2.65. The number of carbonyl (C=O) groups excluding carboxylic acids is 1. The molecule has 3 rings (SSSR count). The van der Waals surface area contributed by atoms with Crippen molar-refractivity contribution in [2.45, 2.75) is 57.7 Å². The second-order valence-electron chi connectivity index (χ2n) is 6.68. The van der Waals surface area contributed by atoms with Crippen molar-refractivity contribution in [3.8, 4) is 0 Å². The minimum absolute atomic E-state index is 0.0565. The Morgan fingerprint density at radius 3 is 2.67 bits per heavy atom. The number of rotatable bonds is 2. The Bertz CT molecular complexity index is 514. The average Bonchev–Trinajstić information content (AvgIpc) is 2.53. The van der Waals surface area contributed by atoms with Crippen molar-refractivity contribution in [1.82, 2.24) is 10.2 Å². The van der Waals surface area contributed by atoms with Gasteiger partial charge in [-0.05, 0) is 36.3 Å². The third kappa shape index (κ3) is 2.98. The molecule has 1 amide bonds. The second kappa shape index (κ2) is 6.18. The third-order valence-corrected chi connectivity index (χ3v) is 5.29. The molecule has 0 saturated heterocycles. The van der Waals surface area contributed by atoms with Gasteiger partial charge in [0, 0.05) is 19.6 Å². The fourth-order valence-electron chi connectivity index (χ4n) is 3.91. The minimum atomic E-state index is -0.0565. The molecular weight excluding hydrogens is 260 g/mol. The summed E-state index contributed by atoms with van der Waals surface area (Å²) in [4.78, 5) is 14.8. The van der Waals surface area contributed by atoms with Gasteiger partial charge in [0.05, 0.1) is 6.04 Å². The number of benzene rings is 1. The highest BCUT2D eigenvalue weighted by atomic mass is 16.2. The van der Waals surface area contributed by atoms with E-state index in [4.69, 9.17) is 0 Å². The summed E-state index contributed by atoms with van der Waals surface area (Å²) in [6.45, 7) is 3.10. The number of fused-ring (bicyclic) bond motifs is 1. The molecule has 0 spiro atoms. The van der Waals surface area contributed by atoms with Crippen LogP contribution >= 0.6 is 0 Å². The first-order valence-electron chi connectivity index (χ1n) is 8.23. The smallest absolute Gasteiger partial charge is 0.240 e. The topological polar surface area (TPSA) is 32.3 Å². The van der Waals surface area contributed by atoms with Crippen LogP contribution in [0.1, 0.15) is 43.7 Å². The van der Waals surface area contributed by atoms with E-state index in [1.807, 2.05) is 11.9 Å². The highest BCUT2D eigenvalue weighted by Crippen LogP contribution is 2.28. The molecule has 3 nitrogen and oxygen atoms in total. The molecule has 2 aliphatic rings. The van der Waals surface area contributed by atoms with E-state index in [0.717, 1.165) is 19.4 Å². The largest absolute Gasteiger partial charge is 0.341 e. The molecule has 0 radical (unpaired) electrons. The molecule has 1 aromatic carbocycles. The number of hydrogen-bond donors (Lipinski definition) is 1. The standard InChI is InChI=1S/C18H26N2O/c1-13-7-3-6-10-17(13)20(2)18(21)16-11-14-8-4-5-9-15(14)12-19-16/h4-5,8-9,13,16-17,19H,3,6-7,10-12H2,1-2H3. The van der Waals surface area contributed by atoms with Gasteiger partial charge in [0.1, 0.15) is 0 Å². The van der Waals surface area contributed by atoms with Crippen molar-refractivity contribution >= 4 is 5.91 Å². The van der Waals surface area contributed by atoms with E-state index >= 15 is 0 Å². The molecule has 0 aromatic heterocycles. The lowest BCUT2D eigenvalue weighted by Crippen LogP contribution is -2.52. The molecule has 1 N–H and O–H groups in total. The predicted molar refractivity (Wildman–Crippen MR) is 85.0 cm³/mol. The quantitative estimate of drug-likeness (QED) is 0.906. The highest BCUT2D eigenvalue weighted by molar-refractivity contribution is 5.82. The molecular formula is C18H26N2O. The SMILES string of the molecule is CC1CCCCC1N(C)C(=O)C1Cc2ccccc2CN1. The van der Waals surface area contributed by atoms with E-state index in [0.29, 0.717) is 12.0 Å². The number of likely N-dealkylation sites (N-methyl/N-ethyl adjacent to an activating group) is 1. The molecule has 3 unspecified atom stereocenters. The Labute approximate surface area is 127 Å². The van der Waals surface area contributed by atoms with E-state index in [1.165, 1.54) is 30.4 Å². The second-order valence-corrected chi connectivity index (χ2v) is 6.68. The Hall–Kier alpha value is -1.35. The molecule has 3 atom stereocenters. The van der Waals surface area contributed by atoms with E-state index in [2.05, 4.69) is 36.5 Å². The summed E-state index contributed by atoms with van der Waals surface area (Å²) >= 11 is 0. The summed E-state index contributed by atoms with van der Waals surface area (Å²) in [6.07, 6.45) is 5.80. The Morgan fingerprint density at radius 2 is 1.90 bits per heavy atom. The molecule has 1 saturated carbocycles. The van der Waals surface area contributed by atoms with E-state index in [9.17, 15) is 4.79 Å². The monoisotopic (exact) mass is 286 g/mol. The fourth-order valence-corrected chi connectivity index (χ4v) is 3.91. The van der Waals surface area contributed by atoms with Crippen molar-refractivity contribution < 1.29 is 4.79 Å². The van der Waals surface area contributed by atoms with Crippen molar-refractivity contribution in [2.75, 3.05) is 7.05 Å². The van der Waals surface area contributed by atoms with Crippen LogP contribution in [0.15, 0.2) is 24.3 Å². The lowest BCUT2D eigenvalue weighted by Gasteiger charge is -2.39. The van der Waals surface area contributed by atoms with Crippen LogP contribution in [-0.4, -0.2) is 29.9 Å². The van der Waals surface area contributed by atoms with Crippen LogP contribution < -0.4 is 5.32 Å². The van der Waals surface area contributed by atoms with Crippen LogP contribution in [0.5, 0.6) is 0 Å². The zero-order chi connectivity index (χ0) is 14.8. The summed E-state index contributed by atoms with van der Waals surface area (Å²) in [5.74, 6) is 0.895. The zero-order valence-corrected chi connectivity index (χ0v) is 13.1. The summed E-state index contributed by atoms with van der Waals surface area (Å²) in [7, 11) is 2.00. The Kier molecular flexibility index (Phi) is 4.29. The van der Waals surface area contributed by atoms with E-state index in [1.54, 1.807) is 0 Å². The van der Waals surface area contributed by atoms with Crippen LogP contribution in [0.4, 0.5) is 0 Å². The Morgan fingerprint density at radius 1 is 1.19 bits per heavy atom. The molecule has 21 heavy (non-hydrogen) atoms. The molecule has 3 heteroatoms. The maximum absolute atomic E-state index is 12.8. The lowest BCUT2D eigenvalue weighted by atomic mass is 9.84. The van der Waals surface area contributed by atoms with Gasteiger partial charge < -0.3 is 10.2 Å². The van der Waals surface area contributed by atoms with Crippen molar-refractivity contribution in [3.05, 3.63) is 35.4 Å². The summed E-state index contributed by atoms with van der Waals surface area (Å²) in [5, 5.41) is 3.42. The van der Waals surface area contributed by atoms with Crippen molar-refractivity contribution in [3.63, 3.8) is 0 Å². The van der Waals surface area contributed by atoms with Crippen molar-refractivity contribution in [1.29, 1.82) is 0 Å². The van der Waals surface area contributed by atoms with Crippen molar-refractivity contribution in [2.24, 2.45) is 5.92 Å². The molecule has 1 aliphatic heterocycles. The van der Waals surface area contributed by atoms with Crippen LogP contribution in [0.2, 0.25) is 0 Å². The van der Waals surface area contributed by atoms with Gasteiger partial charge in [-0.25, -0.2) is 0 Å². The number of hydrogen-bond acceptors (Lipinski definition) is 2. The molecule has 1 fully saturated rings. The maximum Gasteiger partial charge on any atom is 0.240 e. The van der Waals surface area contributed by atoms with Crippen LogP contribution in [-0.2, 0) is 17.8 Å². The maximum atomic E-state index is 12.8. The van der Waals surface area contributed by atoms with Crippen LogP contribution in [0.25, 0.3) is 0 Å². The number of amides is 1. The molecule has 114 valence electrons. The van der Waals surface area contributed by atoms with Gasteiger partial charge in [-0.15, -0.1) is 0 Å². The first-order valence-corrected chi connectivity index (χ1v) is 8.23. The molecule has 0 bridgehead atoms. The number of nitrogens with one attached hydrogen (secondary N) is 1. The van der Waals surface area contributed by atoms with Gasteiger partial charge in [-0.1, -0.05) is 44.0 Å².